The molecule has 0 radical (unpaired) electrons. The van der Waals surface area contributed by atoms with Crippen molar-refractivity contribution in [2.24, 2.45) is 0 Å². The predicted octanol–water partition coefficient (Wildman–Crippen LogP) is 4.24. The standard InChI is InChI=1S/C15H16N2OS/c1-10(8-13-4-3-7-18-13)16-12-5-6-14-15(9-12)19-11(2)17-14/h3-7,9-10,16H,8H2,1-2H3. The molecule has 19 heavy (non-hydrogen) atoms. The molecule has 0 fully saturated rings. The van der Waals surface area contributed by atoms with Gasteiger partial charge in [0.1, 0.15) is 5.76 Å². The van der Waals surface area contributed by atoms with Gasteiger partial charge in [0, 0.05) is 18.2 Å². The van der Waals surface area contributed by atoms with Crippen molar-refractivity contribution in [3.05, 3.63) is 47.4 Å². The molecule has 0 aliphatic carbocycles. The second-order valence-electron chi connectivity index (χ2n) is 4.74. The number of hydrogen-bond donors (Lipinski definition) is 1. The summed E-state index contributed by atoms with van der Waals surface area (Å²) in [6.45, 7) is 4.20. The van der Waals surface area contributed by atoms with Crippen LogP contribution < -0.4 is 5.32 Å². The van der Waals surface area contributed by atoms with Crippen molar-refractivity contribution < 1.29 is 4.42 Å². The van der Waals surface area contributed by atoms with Crippen LogP contribution in [0.4, 0.5) is 5.69 Å². The fraction of sp³-hybridized carbons (Fsp3) is 0.267. The Morgan fingerprint density at radius 3 is 3.05 bits per heavy atom. The Morgan fingerprint density at radius 2 is 2.26 bits per heavy atom. The number of nitrogens with zero attached hydrogens (tertiary/aromatic N) is 1. The van der Waals surface area contributed by atoms with E-state index in [9.17, 15) is 0 Å². The molecule has 3 aromatic rings. The molecule has 2 heterocycles. The number of benzene rings is 1. The van der Waals surface area contributed by atoms with E-state index in [2.05, 4.69) is 35.4 Å². The van der Waals surface area contributed by atoms with Crippen LogP contribution in [-0.4, -0.2) is 11.0 Å². The van der Waals surface area contributed by atoms with E-state index in [4.69, 9.17) is 4.42 Å². The average Bonchev–Trinajstić information content (AvgIpc) is 2.96. The highest BCUT2D eigenvalue weighted by molar-refractivity contribution is 7.18. The third kappa shape index (κ3) is 2.79. The number of furan rings is 1. The Morgan fingerprint density at radius 1 is 1.37 bits per heavy atom. The first-order chi connectivity index (χ1) is 9.20. The summed E-state index contributed by atoms with van der Waals surface area (Å²) < 4.78 is 6.60. The number of aromatic nitrogens is 1. The molecule has 0 aliphatic rings. The Balaban J connectivity index is 1.73. The fourth-order valence-corrected chi connectivity index (χ4v) is 3.06. The van der Waals surface area contributed by atoms with E-state index in [0.717, 1.165) is 28.4 Å². The van der Waals surface area contributed by atoms with Gasteiger partial charge in [-0.3, -0.25) is 0 Å². The maximum absolute atomic E-state index is 5.37. The summed E-state index contributed by atoms with van der Waals surface area (Å²) in [6, 6.07) is 10.6. The Bertz CT molecular complexity index is 673. The van der Waals surface area contributed by atoms with Gasteiger partial charge in [0.25, 0.3) is 0 Å². The number of hydrogen-bond acceptors (Lipinski definition) is 4. The molecule has 98 valence electrons. The highest BCUT2D eigenvalue weighted by Crippen LogP contribution is 2.25. The summed E-state index contributed by atoms with van der Waals surface area (Å²) in [4.78, 5) is 4.47. The lowest BCUT2D eigenvalue weighted by Gasteiger charge is -2.13. The van der Waals surface area contributed by atoms with E-state index < -0.39 is 0 Å². The van der Waals surface area contributed by atoms with Crippen LogP contribution in [0.3, 0.4) is 0 Å². The van der Waals surface area contributed by atoms with Crippen LogP contribution in [0.1, 0.15) is 17.7 Å². The Hall–Kier alpha value is -1.81. The van der Waals surface area contributed by atoms with Crippen molar-refractivity contribution in [2.45, 2.75) is 26.3 Å². The molecule has 1 unspecified atom stereocenters. The number of thiazole rings is 1. The van der Waals surface area contributed by atoms with Gasteiger partial charge in [-0.15, -0.1) is 11.3 Å². The van der Waals surface area contributed by atoms with Crippen LogP contribution in [0.5, 0.6) is 0 Å². The number of aryl methyl sites for hydroxylation is 1. The van der Waals surface area contributed by atoms with Crippen molar-refractivity contribution in [3.63, 3.8) is 0 Å². The van der Waals surface area contributed by atoms with Crippen LogP contribution in [0.2, 0.25) is 0 Å². The largest absolute Gasteiger partial charge is 0.469 e. The van der Waals surface area contributed by atoms with Crippen molar-refractivity contribution in [1.29, 1.82) is 0 Å². The van der Waals surface area contributed by atoms with Gasteiger partial charge in [0.05, 0.1) is 21.5 Å². The number of nitrogens with one attached hydrogen (secondary N) is 1. The first-order valence-electron chi connectivity index (χ1n) is 6.37. The molecule has 0 saturated heterocycles. The zero-order valence-corrected chi connectivity index (χ0v) is 11.8. The molecule has 4 heteroatoms. The minimum atomic E-state index is 0.331. The zero-order chi connectivity index (χ0) is 13.2. The molecule has 0 saturated carbocycles. The van der Waals surface area contributed by atoms with Crippen LogP contribution in [0.15, 0.2) is 41.0 Å². The van der Waals surface area contributed by atoms with E-state index >= 15 is 0 Å². The minimum absolute atomic E-state index is 0.331. The summed E-state index contributed by atoms with van der Waals surface area (Å²) in [6.07, 6.45) is 2.60. The van der Waals surface area contributed by atoms with Crippen LogP contribution in [-0.2, 0) is 6.42 Å². The summed E-state index contributed by atoms with van der Waals surface area (Å²) in [5, 5.41) is 4.61. The molecule has 0 spiro atoms. The van der Waals surface area contributed by atoms with Gasteiger partial charge in [-0.25, -0.2) is 4.98 Å². The Labute approximate surface area is 116 Å². The van der Waals surface area contributed by atoms with Crippen LogP contribution in [0, 0.1) is 6.92 Å². The van der Waals surface area contributed by atoms with Crippen molar-refractivity contribution in [2.75, 3.05) is 5.32 Å². The summed E-state index contributed by atoms with van der Waals surface area (Å²) in [7, 11) is 0. The fourth-order valence-electron chi connectivity index (χ4n) is 2.20. The molecule has 0 aliphatic heterocycles. The van der Waals surface area contributed by atoms with E-state index in [0.29, 0.717) is 6.04 Å². The SMILES string of the molecule is Cc1nc2ccc(NC(C)Cc3ccco3)cc2s1. The molecule has 1 atom stereocenters. The summed E-state index contributed by atoms with van der Waals surface area (Å²) in [5.41, 5.74) is 2.21. The molecular weight excluding hydrogens is 256 g/mol. The van der Waals surface area contributed by atoms with Gasteiger partial charge >= 0.3 is 0 Å². The monoisotopic (exact) mass is 272 g/mol. The molecule has 1 N–H and O–H groups in total. The number of fused-ring (bicyclic) bond motifs is 1. The quantitative estimate of drug-likeness (QED) is 0.772. The smallest absolute Gasteiger partial charge is 0.105 e. The van der Waals surface area contributed by atoms with Gasteiger partial charge in [0.15, 0.2) is 0 Å². The minimum Gasteiger partial charge on any atom is -0.469 e. The topological polar surface area (TPSA) is 38.1 Å². The van der Waals surface area contributed by atoms with Gasteiger partial charge in [-0.1, -0.05) is 0 Å². The first-order valence-corrected chi connectivity index (χ1v) is 7.18. The molecular formula is C15H16N2OS. The lowest BCUT2D eigenvalue weighted by Crippen LogP contribution is -2.17. The molecule has 0 bridgehead atoms. The van der Waals surface area contributed by atoms with Crippen molar-refractivity contribution >= 4 is 27.2 Å². The van der Waals surface area contributed by atoms with E-state index in [-0.39, 0.29) is 0 Å². The summed E-state index contributed by atoms with van der Waals surface area (Å²) in [5.74, 6) is 1.01. The summed E-state index contributed by atoms with van der Waals surface area (Å²) >= 11 is 1.73. The maximum atomic E-state index is 5.37. The number of anilines is 1. The van der Waals surface area contributed by atoms with Crippen LogP contribution >= 0.6 is 11.3 Å². The molecule has 1 aromatic carbocycles. The highest BCUT2D eigenvalue weighted by Gasteiger charge is 2.07. The average molecular weight is 272 g/mol. The van der Waals surface area contributed by atoms with Crippen LogP contribution in [0.25, 0.3) is 10.2 Å². The van der Waals surface area contributed by atoms with Gasteiger partial charge in [0.2, 0.25) is 0 Å². The third-order valence-electron chi connectivity index (χ3n) is 3.00. The zero-order valence-electron chi connectivity index (χ0n) is 11.0. The predicted molar refractivity (Wildman–Crippen MR) is 79.9 cm³/mol. The second kappa shape index (κ2) is 5.05. The Kier molecular flexibility index (Phi) is 3.25. The molecule has 3 nitrogen and oxygen atoms in total. The lowest BCUT2D eigenvalue weighted by molar-refractivity contribution is 0.498. The normalized spacial score (nSPS) is 12.7. The van der Waals surface area contributed by atoms with Crippen molar-refractivity contribution in [1.82, 2.24) is 4.98 Å². The van der Waals surface area contributed by atoms with E-state index in [1.54, 1.807) is 17.6 Å². The first kappa shape index (κ1) is 12.2. The van der Waals surface area contributed by atoms with E-state index in [1.807, 2.05) is 19.1 Å². The third-order valence-corrected chi connectivity index (χ3v) is 3.93. The maximum Gasteiger partial charge on any atom is 0.105 e. The highest BCUT2D eigenvalue weighted by atomic mass is 32.1. The van der Waals surface area contributed by atoms with Gasteiger partial charge in [-0.2, -0.15) is 0 Å². The molecule has 0 amide bonds. The number of rotatable bonds is 4. The second-order valence-corrected chi connectivity index (χ2v) is 5.98. The van der Waals surface area contributed by atoms with Gasteiger partial charge < -0.3 is 9.73 Å². The lowest BCUT2D eigenvalue weighted by atomic mass is 10.2. The van der Waals surface area contributed by atoms with Gasteiger partial charge in [-0.05, 0) is 44.2 Å². The van der Waals surface area contributed by atoms with E-state index in [1.165, 1.54) is 4.70 Å². The molecule has 2 aromatic heterocycles. The molecule has 3 rings (SSSR count). The van der Waals surface area contributed by atoms with Crippen molar-refractivity contribution in [3.8, 4) is 0 Å².